The van der Waals surface area contributed by atoms with Crippen molar-refractivity contribution in [1.29, 1.82) is 0 Å². The highest BCUT2D eigenvalue weighted by atomic mass is 16.5. The van der Waals surface area contributed by atoms with E-state index >= 15 is 0 Å². The van der Waals surface area contributed by atoms with E-state index in [0.717, 1.165) is 40.9 Å². The Bertz CT molecular complexity index is 1370. The summed E-state index contributed by atoms with van der Waals surface area (Å²) in [6, 6.07) is 9.77. The van der Waals surface area contributed by atoms with Crippen molar-refractivity contribution in [3.8, 4) is 11.8 Å². The SMILES string of the molecule is CNc1cccc2c1[nH]c1nc(Oc3ccc(C(=O)OC)nc3)nc(N3CC4C(N)C4C3)c12. The Balaban J connectivity index is 1.44. The van der Waals surface area contributed by atoms with Gasteiger partial charge in [-0.05, 0) is 30.0 Å². The highest BCUT2D eigenvalue weighted by Gasteiger charge is 2.54. The molecule has 6 rings (SSSR count). The van der Waals surface area contributed by atoms with E-state index in [1.165, 1.54) is 19.4 Å². The molecule has 168 valence electrons. The molecule has 0 bridgehead atoms. The van der Waals surface area contributed by atoms with E-state index in [-0.39, 0.29) is 17.7 Å². The lowest BCUT2D eigenvalue weighted by molar-refractivity contribution is 0.0594. The van der Waals surface area contributed by atoms with Crippen LogP contribution in [0.5, 0.6) is 11.8 Å². The number of hydrogen-bond donors (Lipinski definition) is 3. The van der Waals surface area contributed by atoms with Gasteiger partial charge in [0.15, 0.2) is 0 Å². The second-order valence-electron chi connectivity index (χ2n) is 8.44. The van der Waals surface area contributed by atoms with Crippen LogP contribution in [0.1, 0.15) is 10.5 Å². The Kier molecular flexibility index (Phi) is 4.37. The summed E-state index contributed by atoms with van der Waals surface area (Å²) in [6.45, 7) is 1.73. The molecule has 1 saturated heterocycles. The number of piperidine rings is 1. The number of pyridine rings is 1. The number of carbonyl (C=O) groups is 1. The van der Waals surface area contributed by atoms with Crippen molar-refractivity contribution in [2.24, 2.45) is 17.6 Å². The van der Waals surface area contributed by atoms with Gasteiger partial charge >= 0.3 is 12.0 Å². The molecule has 2 fully saturated rings. The molecule has 2 unspecified atom stereocenters. The quantitative estimate of drug-likeness (QED) is 0.397. The first-order valence-electron chi connectivity index (χ1n) is 10.8. The molecule has 2 atom stereocenters. The summed E-state index contributed by atoms with van der Waals surface area (Å²) in [5.74, 6) is 1.75. The first-order chi connectivity index (χ1) is 16.1. The van der Waals surface area contributed by atoms with E-state index in [4.69, 9.17) is 20.2 Å². The largest absolute Gasteiger partial charge is 0.464 e. The van der Waals surface area contributed by atoms with Gasteiger partial charge in [-0.1, -0.05) is 12.1 Å². The number of rotatable bonds is 5. The topological polar surface area (TPSA) is 131 Å². The molecule has 3 aromatic heterocycles. The molecule has 1 saturated carbocycles. The number of esters is 1. The molecule has 4 heterocycles. The van der Waals surface area contributed by atoms with Crippen LogP contribution in [-0.2, 0) is 4.74 Å². The van der Waals surface area contributed by atoms with Crippen LogP contribution >= 0.6 is 0 Å². The Morgan fingerprint density at radius 3 is 2.73 bits per heavy atom. The standard InChI is InChI=1S/C23H23N7O3/c1-25-15-5-3-4-12-17-20(27-19(12)15)28-23(29-21(17)30-9-13-14(10-30)18(13)24)33-11-6-7-16(26-8-11)22(31)32-2/h3-8,13-14,18,25H,9-10,24H2,1-2H3,(H,27,28,29). The molecule has 1 aromatic carbocycles. The summed E-state index contributed by atoms with van der Waals surface area (Å²) in [5, 5.41) is 5.24. The smallest absolute Gasteiger partial charge is 0.356 e. The molecular formula is C23H23N7O3. The van der Waals surface area contributed by atoms with Crippen molar-refractivity contribution in [3.63, 3.8) is 0 Å². The van der Waals surface area contributed by atoms with E-state index < -0.39 is 5.97 Å². The van der Waals surface area contributed by atoms with Crippen LogP contribution in [0, 0.1) is 11.8 Å². The van der Waals surface area contributed by atoms with Gasteiger partial charge in [0.05, 0.1) is 29.9 Å². The molecule has 10 nitrogen and oxygen atoms in total. The van der Waals surface area contributed by atoms with Crippen LogP contribution in [0.2, 0.25) is 0 Å². The molecule has 4 aromatic rings. The van der Waals surface area contributed by atoms with Crippen molar-refractivity contribution < 1.29 is 14.3 Å². The lowest BCUT2D eigenvalue weighted by Gasteiger charge is -2.21. The minimum absolute atomic E-state index is 0.199. The van der Waals surface area contributed by atoms with Gasteiger partial charge in [0.1, 0.15) is 22.9 Å². The number of aromatic nitrogens is 4. The lowest BCUT2D eigenvalue weighted by atomic mass is 10.1. The van der Waals surface area contributed by atoms with Gasteiger partial charge in [0.25, 0.3) is 0 Å². The predicted octanol–water partition coefficient (Wildman–Crippen LogP) is 2.52. The number of benzene rings is 1. The highest BCUT2D eigenvalue weighted by molar-refractivity contribution is 6.14. The molecule has 1 aliphatic carbocycles. The van der Waals surface area contributed by atoms with Crippen molar-refractivity contribution in [1.82, 2.24) is 19.9 Å². The average Bonchev–Trinajstić information content (AvgIpc) is 3.19. The number of nitrogens with one attached hydrogen (secondary N) is 2. The van der Waals surface area contributed by atoms with E-state index in [1.807, 2.05) is 19.2 Å². The zero-order chi connectivity index (χ0) is 22.7. The summed E-state index contributed by atoms with van der Waals surface area (Å²) in [4.78, 5) is 30.9. The Labute approximate surface area is 189 Å². The fourth-order valence-electron chi connectivity index (χ4n) is 4.78. The van der Waals surface area contributed by atoms with Crippen LogP contribution in [0.3, 0.4) is 0 Å². The molecule has 0 spiro atoms. The number of anilines is 2. The average molecular weight is 445 g/mol. The maximum absolute atomic E-state index is 11.6. The van der Waals surface area contributed by atoms with E-state index in [1.54, 1.807) is 6.07 Å². The van der Waals surface area contributed by atoms with Gasteiger partial charge < -0.3 is 30.4 Å². The number of fused-ring (bicyclic) bond motifs is 4. The molecule has 33 heavy (non-hydrogen) atoms. The number of H-pyrrole nitrogens is 1. The van der Waals surface area contributed by atoms with Crippen LogP contribution in [0.25, 0.3) is 21.9 Å². The van der Waals surface area contributed by atoms with Gasteiger partial charge in [0, 0.05) is 31.6 Å². The minimum Gasteiger partial charge on any atom is -0.464 e. The van der Waals surface area contributed by atoms with E-state index in [9.17, 15) is 4.79 Å². The second-order valence-corrected chi connectivity index (χ2v) is 8.44. The molecule has 2 aliphatic rings. The van der Waals surface area contributed by atoms with E-state index in [0.29, 0.717) is 23.2 Å². The Morgan fingerprint density at radius 1 is 1.21 bits per heavy atom. The first kappa shape index (κ1) is 19.7. The lowest BCUT2D eigenvalue weighted by Crippen LogP contribution is -2.29. The van der Waals surface area contributed by atoms with Crippen molar-refractivity contribution >= 4 is 39.4 Å². The van der Waals surface area contributed by atoms with E-state index in [2.05, 4.69) is 31.2 Å². The number of carbonyl (C=O) groups excluding carboxylic acids is 1. The van der Waals surface area contributed by atoms with Crippen molar-refractivity contribution in [2.75, 3.05) is 37.5 Å². The van der Waals surface area contributed by atoms with Crippen molar-refractivity contribution in [3.05, 3.63) is 42.2 Å². The Hall–Kier alpha value is -3.92. The number of methoxy groups -OCH3 is 1. The third-order valence-electron chi connectivity index (χ3n) is 6.62. The maximum Gasteiger partial charge on any atom is 0.356 e. The number of ether oxygens (including phenoxy) is 2. The molecular weight excluding hydrogens is 422 g/mol. The summed E-state index contributed by atoms with van der Waals surface area (Å²) in [5.41, 5.74) is 9.01. The van der Waals surface area contributed by atoms with Crippen LogP contribution in [-0.4, -0.2) is 59.2 Å². The minimum atomic E-state index is -0.509. The monoisotopic (exact) mass is 445 g/mol. The summed E-state index contributed by atoms with van der Waals surface area (Å²) in [6.07, 6.45) is 1.45. The van der Waals surface area contributed by atoms with Gasteiger partial charge in [-0.15, -0.1) is 0 Å². The fourth-order valence-corrected chi connectivity index (χ4v) is 4.78. The van der Waals surface area contributed by atoms with Crippen LogP contribution < -0.4 is 20.7 Å². The molecule has 4 N–H and O–H groups in total. The number of nitrogens with two attached hydrogens (primary N) is 1. The third-order valence-corrected chi connectivity index (χ3v) is 6.62. The third kappa shape index (κ3) is 3.13. The molecule has 0 radical (unpaired) electrons. The van der Waals surface area contributed by atoms with Gasteiger partial charge in [-0.25, -0.2) is 9.78 Å². The summed E-state index contributed by atoms with van der Waals surface area (Å²) in [7, 11) is 3.20. The number of nitrogens with zero attached hydrogens (tertiary/aromatic N) is 4. The first-order valence-corrected chi connectivity index (χ1v) is 10.8. The van der Waals surface area contributed by atoms with Crippen LogP contribution in [0.15, 0.2) is 36.5 Å². The van der Waals surface area contributed by atoms with Crippen LogP contribution in [0.4, 0.5) is 11.5 Å². The zero-order valence-corrected chi connectivity index (χ0v) is 18.2. The number of hydrogen-bond acceptors (Lipinski definition) is 9. The van der Waals surface area contributed by atoms with Gasteiger partial charge in [0.2, 0.25) is 0 Å². The van der Waals surface area contributed by atoms with Gasteiger partial charge in [-0.2, -0.15) is 9.97 Å². The normalized spacial score (nSPS) is 21.3. The number of para-hydroxylation sites is 1. The summed E-state index contributed by atoms with van der Waals surface area (Å²) >= 11 is 0. The molecule has 1 aliphatic heterocycles. The molecule has 10 heteroatoms. The zero-order valence-electron chi connectivity index (χ0n) is 18.2. The predicted molar refractivity (Wildman–Crippen MR) is 124 cm³/mol. The highest BCUT2D eigenvalue weighted by Crippen LogP contribution is 2.47. The second kappa shape index (κ2) is 7.31. The summed E-state index contributed by atoms with van der Waals surface area (Å²) < 4.78 is 10.6. The fraction of sp³-hybridized carbons (Fsp3) is 0.304. The molecule has 0 amide bonds. The number of aromatic amines is 1. The maximum atomic E-state index is 11.6. The Morgan fingerprint density at radius 2 is 2.03 bits per heavy atom. The van der Waals surface area contributed by atoms with Gasteiger partial charge in [-0.3, -0.25) is 0 Å². The van der Waals surface area contributed by atoms with Crippen molar-refractivity contribution in [2.45, 2.75) is 6.04 Å².